The number of aromatic amines is 1. The lowest BCUT2D eigenvalue weighted by atomic mass is 10.4. The quantitative estimate of drug-likeness (QED) is 0.694. The molecule has 0 saturated heterocycles. The highest BCUT2D eigenvalue weighted by Gasteiger charge is 2.08. The molecule has 0 unspecified atom stereocenters. The van der Waals surface area contributed by atoms with Crippen molar-refractivity contribution < 1.29 is 4.57 Å². The van der Waals surface area contributed by atoms with Crippen molar-refractivity contribution >= 4 is 11.3 Å². The fourth-order valence-electron chi connectivity index (χ4n) is 0.989. The van der Waals surface area contributed by atoms with Crippen molar-refractivity contribution in [3.05, 3.63) is 29.8 Å². The van der Waals surface area contributed by atoms with E-state index in [-0.39, 0.29) is 0 Å². The van der Waals surface area contributed by atoms with Crippen molar-refractivity contribution in [3.63, 3.8) is 0 Å². The first-order valence-electron chi connectivity index (χ1n) is 3.89. The van der Waals surface area contributed by atoms with Gasteiger partial charge in [-0.1, -0.05) is 18.3 Å². The van der Waals surface area contributed by atoms with Crippen LogP contribution in [0.1, 0.15) is 11.8 Å². The van der Waals surface area contributed by atoms with Crippen LogP contribution < -0.4 is 4.57 Å². The van der Waals surface area contributed by atoms with E-state index in [2.05, 4.69) is 16.9 Å². The number of hydrogen-bond acceptors (Lipinski definition) is 2. The number of imidazole rings is 1. The van der Waals surface area contributed by atoms with Crippen LogP contribution in [-0.4, -0.2) is 9.97 Å². The second-order valence-electron chi connectivity index (χ2n) is 2.48. The normalized spacial score (nSPS) is 10.4. The molecule has 0 saturated carbocycles. The fraction of sp³-hybridized carbons (Fsp3) is 0.250. The van der Waals surface area contributed by atoms with Crippen LogP contribution in [-0.2, 0) is 6.42 Å². The molecule has 0 aliphatic carbocycles. The third kappa shape index (κ3) is 1.25. The van der Waals surface area contributed by atoms with Gasteiger partial charge in [0.1, 0.15) is 12.4 Å². The molecule has 2 heterocycles. The molecule has 0 amide bonds. The Labute approximate surface area is 74.7 Å². The van der Waals surface area contributed by atoms with Crippen LogP contribution in [0.15, 0.2) is 24.9 Å². The molecule has 3 nitrogen and oxygen atoms in total. The Morgan fingerprint density at radius 1 is 1.67 bits per heavy atom. The van der Waals surface area contributed by atoms with Crippen LogP contribution in [0.4, 0.5) is 0 Å². The summed E-state index contributed by atoms with van der Waals surface area (Å²) in [4.78, 5) is 8.59. The van der Waals surface area contributed by atoms with E-state index in [1.807, 2.05) is 29.5 Å². The van der Waals surface area contributed by atoms with Gasteiger partial charge in [0.2, 0.25) is 0 Å². The van der Waals surface area contributed by atoms with Crippen molar-refractivity contribution in [2.24, 2.45) is 0 Å². The summed E-state index contributed by atoms with van der Waals surface area (Å²) in [6.45, 7) is 2.14. The topological polar surface area (TPSA) is 32.6 Å². The number of aryl methyl sites for hydroxylation is 1. The molecular formula is C8H10N3S+. The van der Waals surface area contributed by atoms with E-state index >= 15 is 0 Å². The summed E-state index contributed by atoms with van der Waals surface area (Å²) in [5.74, 6) is 0. The molecule has 1 N–H and O–H groups in total. The molecule has 0 spiro atoms. The minimum atomic E-state index is 1.02. The number of thiazole rings is 1. The lowest BCUT2D eigenvalue weighted by molar-refractivity contribution is -0.593. The van der Waals surface area contributed by atoms with Gasteiger partial charge in [-0.2, -0.15) is 4.57 Å². The maximum absolute atomic E-state index is 4.29. The van der Waals surface area contributed by atoms with Gasteiger partial charge in [-0.15, -0.1) is 4.98 Å². The molecule has 0 bridgehead atoms. The number of H-pyrrole nitrogens is 1. The lowest BCUT2D eigenvalue weighted by Crippen LogP contribution is -2.26. The fourth-order valence-corrected chi connectivity index (χ4v) is 1.80. The summed E-state index contributed by atoms with van der Waals surface area (Å²) >= 11 is 1.72. The molecule has 0 aliphatic heterocycles. The molecule has 0 aromatic carbocycles. The summed E-state index contributed by atoms with van der Waals surface area (Å²) in [6.07, 6.45) is 8.71. The van der Waals surface area contributed by atoms with E-state index in [4.69, 9.17) is 0 Å². The molecule has 2 aromatic rings. The van der Waals surface area contributed by atoms with E-state index in [1.54, 1.807) is 11.3 Å². The van der Waals surface area contributed by atoms with Gasteiger partial charge >= 0.3 is 5.13 Å². The highest BCUT2D eigenvalue weighted by molar-refractivity contribution is 7.13. The molecule has 62 valence electrons. The Kier molecular flexibility index (Phi) is 1.91. The van der Waals surface area contributed by atoms with Gasteiger partial charge in [-0.25, -0.2) is 0 Å². The van der Waals surface area contributed by atoms with Crippen molar-refractivity contribution in [1.82, 2.24) is 9.97 Å². The first kappa shape index (κ1) is 7.49. The maximum Gasteiger partial charge on any atom is 0.325 e. The van der Waals surface area contributed by atoms with Crippen molar-refractivity contribution in [3.8, 4) is 5.13 Å². The van der Waals surface area contributed by atoms with Crippen LogP contribution in [0.3, 0.4) is 0 Å². The average molecular weight is 180 g/mol. The SMILES string of the molecule is CCc1cnc(-[n+]2cc[nH]c2)s1. The Morgan fingerprint density at radius 3 is 3.17 bits per heavy atom. The second kappa shape index (κ2) is 3.06. The molecule has 0 aliphatic rings. The zero-order valence-electron chi connectivity index (χ0n) is 6.82. The summed E-state index contributed by atoms with van der Waals surface area (Å²) < 4.78 is 1.98. The van der Waals surface area contributed by atoms with Crippen LogP contribution in [0, 0.1) is 0 Å². The van der Waals surface area contributed by atoms with Gasteiger partial charge in [0.25, 0.3) is 0 Å². The first-order valence-corrected chi connectivity index (χ1v) is 4.71. The smallest absolute Gasteiger partial charge is 0.283 e. The standard InChI is InChI=1S/C8H9N3S/c1-2-7-5-10-8(12-7)11-4-3-9-6-11/h3-6H,2H2,1H3/p+1. The van der Waals surface area contributed by atoms with E-state index in [1.165, 1.54) is 4.88 Å². The summed E-state index contributed by atoms with van der Waals surface area (Å²) in [6, 6.07) is 0. The van der Waals surface area contributed by atoms with E-state index in [0.717, 1.165) is 11.6 Å². The van der Waals surface area contributed by atoms with E-state index < -0.39 is 0 Å². The largest absolute Gasteiger partial charge is 0.325 e. The highest BCUT2D eigenvalue weighted by atomic mass is 32.1. The summed E-state index contributed by atoms with van der Waals surface area (Å²) in [5, 5.41) is 1.02. The molecule has 2 rings (SSSR count). The Bertz CT molecular complexity index is 350. The van der Waals surface area contributed by atoms with Gasteiger partial charge in [-0.05, 0) is 6.42 Å². The molecule has 4 heteroatoms. The van der Waals surface area contributed by atoms with Crippen LogP contribution in [0.5, 0.6) is 0 Å². The van der Waals surface area contributed by atoms with Gasteiger partial charge in [0, 0.05) is 4.88 Å². The molecule has 0 atom stereocenters. The molecular weight excluding hydrogens is 170 g/mol. The third-order valence-electron chi connectivity index (χ3n) is 1.66. The van der Waals surface area contributed by atoms with Crippen molar-refractivity contribution in [2.45, 2.75) is 13.3 Å². The molecule has 12 heavy (non-hydrogen) atoms. The summed E-state index contributed by atoms with van der Waals surface area (Å²) in [5.41, 5.74) is 0. The predicted octanol–water partition coefficient (Wildman–Crippen LogP) is 1.31. The monoisotopic (exact) mass is 180 g/mol. The first-order chi connectivity index (χ1) is 5.90. The van der Waals surface area contributed by atoms with Gasteiger partial charge in [-0.3, -0.25) is 4.98 Å². The summed E-state index contributed by atoms with van der Waals surface area (Å²) in [7, 11) is 0. The maximum atomic E-state index is 4.29. The van der Waals surface area contributed by atoms with Crippen LogP contribution in [0.25, 0.3) is 5.13 Å². The Morgan fingerprint density at radius 2 is 2.58 bits per heavy atom. The van der Waals surface area contributed by atoms with Gasteiger partial charge < -0.3 is 0 Å². The Balaban J connectivity index is 2.35. The van der Waals surface area contributed by atoms with Gasteiger partial charge in [0.05, 0.1) is 6.20 Å². The number of nitrogens with one attached hydrogen (secondary N) is 1. The third-order valence-corrected chi connectivity index (χ3v) is 2.81. The predicted molar refractivity (Wildman–Crippen MR) is 47.4 cm³/mol. The minimum Gasteiger partial charge on any atom is -0.283 e. The number of nitrogens with zero attached hydrogens (tertiary/aromatic N) is 2. The number of rotatable bonds is 2. The van der Waals surface area contributed by atoms with Crippen LogP contribution >= 0.6 is 11.3 Å². The van der Waals surface area contributed by atoms with E-state index in [9.17, 15) is 0 Å². The van der Waals surface area contributed by atoms with Crippen LogP contribution in [0.2, 0.25) is 0 Å². The van der Waals surface area contributed by atoms with Crippen molar-refractivity contribution in [1.29, 1.82) is 0 Å². The second-order valence-corrected chi connectivity index (χ2v) is 3.58. The zero-order valence-corrected chi connectivity index (χ0v) is 7.64. The zero-order chi connectivity index (χ0) is 8.39. The van der Waals surface area contributed by atoms with E-state index in [0.29, 0.717) is 0 Å². The minimum absolute atomic E-state index is 1.02. The molecule has 2 aromatic heterocycles. The van der Waals surface area contributed by atoms with Gasteiger partial charge in [0.15, 0.2) is 6.33 Å². The lowest BCUT2D eigenvalue weighted by Gasteiger charge is -1.83. The highest BCUT2D eigenvalue weighted by Crippen LogP contribution is 2.12. The Hall–Kier alpha value is -1.16. The molecule has 0 fully saturated rings. The van der Waals surface area contributed by atoms with Crippen molar-refractivity contribution in [2.75, 3.05) is 0 Å². The average Bonchev–Trinajstić information content (AvgIpc) is 2.75. The molecule has 0 radical (unpaired) electrons. The number of aromatic nitrogens is 3. The number of hydrogen-bond donors (Lipinski definition) is 1.